The molecule has 0 fully saturated rings. The summed E-state index contributed by atoms with van der Waals surface area (Å²) in [4.78, 5) is 11.2. The number of Topliss-reactive ketones (excluding diaryl/α,β-unsaturated/α-hetero) is 1. The molecule has 0 spiro atoms. The van der Waals surface area contributed by atoms with E-state index in [1.165, 1.54) is 13.0 Å². The van der Waals surface area contributed by atoms with Gasteiger partial charge >= 0.3 is 6.55 Å². The molecular weight excluding hydrogens is 202 g/mol. The number of alkyl halides is 2. The molecule has 15 heavy (non-hydrogen) atoms. The van der Waals surface area contributed by atoms with Crippen molar-refractivity contribution in [3.8, 4) is 0 Å². The Morgan fingerprint density at radius 1 is 1.40 bits per heavy atom. The van der Waals surface area contributed by atoms with Crippen LogP contribution in [-0.4, -0.2) is 15.6 Å². The van der Waals surface area contributed by atoms with E-state index < -0.39 is 6.55 Å². The van der Waals surface area contributed by atoms with Gasteiger partial charge in [-0.05, 0) is 6.07 Å². The van der Waals surface area contributed by atoms with Gasteiger partial charge in [0.1, 0.15) is 5.69 Å². The molecule has 3 nitrogen and oxygen atoms in total. The first-order valence-corrected chi connectivity index (χ1v) is 4.37. The highest BCUT2D eigenvalue weighted by Crippen LogP contribution is 2.23. The monoisotopic (exact) mass is 210 g/mol. The molecule has 2 rings (SSSR count). The first kappa shape index (κ1) is 9.76. The van der Waals surface area contributed by atoms with Gasteiger partial charge in [-0.1, -0.05) is 18.2 Å². The maximum atomic E-state index is 12.6. The van der Waals surface area contributed by atoms with Crippen LogP contribution >= 0.6 is 0 Å². The van der Waals surface area contributed by atoms with Crippen molar-refractivity contribution in [3.63, 3.8) is 0 Å². The summed E-state index contributed by atoms with van der Waals surface area (Å²) in [5.74, 6) is -0.314. The summed E-state index contributed by atoms with van der Waals surface area (Å²) < 4.78 is 25.7. The van der Waals surface area contributed by atoms with E-state index in [-0.39, 0.29) is 17.0 Å². The Bertz CT molecular complexity index is 519. The second-order valence-corrected chi connectivity index (χ2v) is 3.14. The number of benzene rings is 1. The summed E-state index contributed by atoms with van der Waals surface area (Å²) in [6.45, 7) is -1.42. The van der Waals surface area contributed by atoms with Gasteiger partial charge in [0.25, 0.3) is 0 Å². The van der Waals surface area contributed by atoms with E-state index in [9.17, 15) is 13.6 Å². The number of fused-ring (bicyclic) bond motifs is 1. The van der Waals surface area contributed by atoms with Crippen LogP contribution in [0.5, 0.6) is 0 Å². The van der Waals surface area contributed by atoms with E-state index in [2.05, 4.69) is 5.10 Å². The van der Waals surface area contributed by atoms with Crippen molar-refractivity contribution in [2.75, 3.05) is 0 Å². The van der Waals surface area contributed by atoms with Crippen molar-refractivity contribution >= 4 is 16.7 Å². The van der Waals surface area contributed by atoms with Crippen molar-refractivity contribution < 1.29 is 13.6 Å². The van der Waals surface area contributed by atoms with Crippen molar-refractivity contribution in [2.45, 2.75) is 13.5 Å². The van der Waals surface area contributed by atoms with Crippen LogP contribution in [0.15, 0.2) is 24.3 Å². The van der Waals surface area contributed by atoms with E-state index in [1.54, 1.807) is 18.2 Å². The fraction of sp³-hybridized carbons (Fsp3) is 0.200. The van der Waals surface area contributed by atoms with Crippen molar-refractivity contribution in [1.29, 1.82) is 0 Å². The van der Waals surface area contributed by atoms with Gasteiger partial charge in [-0.3, -0.25) is 4.79 Å². The minimum absolute atomic E-state index is 0.0888. The van der Waals surface area contributed by atoms with Crippen LogP contribution in [0.1, 0.15) is 24.0 Å². The van der Waals surface area contributed by atoms with E-state index in [4.69, 9.17) is 0 Å². The van der Waals surface area contributed by atoms with Crippen LogP contribution in [0, 0.1) is 0 Å². The first-order chi connectivity index (χ1) is 7.11. The maximum Gasteiger partial charge on any atom is 0.333 e. The fourth-order valence-electron chi connectivity index (χ4n) is 1.50. The Morgan fingerprint density at radius 2 is 2.07 bits per heavy atom. The Balaban J connectivity index is 2.79. The molecule has 1 aromatic heterocycles. The van der Waals surface area contributed by atoms with Crippen molar-refractivity contribution in [2.24, 2.45) is 0 Å². The lowest BCUT2D eigenvalue weighted by Gasteiger charge is -1.98. The highest BCUT2D eigenvalue weighted by Gasteiger charge is 2.17. The smallest absolute Gasteiger partial charge is 0.293 e. The second kappa shape index (κ2) is 3.42. The summed E-state index contributed by atoms with van der Waals surface area (Å²) in [5, 5.41) is 4.07. The molecule has 0 aliphatic rings. The van der Waals surface area contributed by atoms with Gasteiger partial charge in [0.15, 0.2) is 5.78 Å². The van der Waals surface area contributed by atoms with Gasteiger partial charge in [-0.15, -0.1) is 0 Å². The molecule has 5 heteroatoms. The average Bonchev–Trinajstić information content (AvgIpc) is 2.56. The lowest BCUT2D eigenvalue weighted by Crippen LogP contribution is -2.02. The standard InChI is InChI=1S/C10H8F2N2O/c1-6(15)9-7-4-2-3-5-8(7)14(13-9)10(11)12/h2-5,10H,1H3. The topological polar surface area (TPSA) is 34.9 Å². The predicted octanol–water partition coefficient (Wildman–Crippen LogP) is 2.63. The molecule has 78 valence electrons. The van der Waals surface area contributed by atoms with Gasteiger partial charge in [0.05, 0.1) is 5.52 Å². The highest BCUT2D eigenvalue weighted by atomic mass is 19.3. The summed E-state index contributed by atoms with van der Waals surface area (Å²) in [6.07, 6.45) is 0. The predicted molar refractivity (Wildman–Crippen MR) is 51.0 cm³/mol. The van der Waals surface area contributed by atoms with E-state index >= 15 is 0 Å². The quantitative estimate of drug-likeness (QED) is 0.714. The van der Waals surface area contributed by atoms with Crippen molar-refractivity contribution in [3.05, 3.63) is 30.0 Å². The molecule has 0 atom stereocenters. The first-order valence-electron chi connectivity index (χ1n) is 4.37. The molecule has 1 heterocycles. The van der Waals surface area contributed by atoms with Gasteiger partial charge < -0.3 is 0 Å². The fourth-order valence-corrected chi connectivity index (χ4v) is 1.50. The van der Waals surface area contributed by atoms with Crippen LogP contribution in [-0.2, 0) is 0 Å². The number of nitrogens with zero attached hydrogens (tertiary/aromatic N) is 2. The molecule has 1 aromatic carbocycles. The van der Waals surface area contributed by atoms with Gasteiger partial charge in [0, 0.05) is 12.3 Å². The lowest BCUT2D eigenvalue weighted by atomic mass is 10.2. The Hall–Kier alpha value is -1.78. The maximum absolute atomic E-state index is 12.6. The number of aromatic nitrogens is 2. The highest BCUT2D eigenvalue weighted by molar-refractivity contribution is 6.04. The minimum Gasteiger partial charge on any atom is -0.293 e. The third-order valence-electron chi connectivity index (χ3n) is 2.13. The third kappa shape index (κ3) is 1.49. The number of para-hydroxylation sites is 1. The average molecular weight is 210 g/mol. The molecular formula is C10H8F2N2O. The van der Waals surface area contributed by atoms with Gasteiger partial charge in [0.2, 0.25) is 0 Å². The zero-order valence-corrected chi connectivity index (χ0v) is 7.95. The number of carbonyl (C=O) groups is 1. The molecule has 0 aliphatic heterocycles. The number of hydrogen-bond donors (Lipinski definition) is 0. The van der Waals surface area contributed by atoms with Gasteiger partial charge in [-0.25, -0.2) is 4.68 Å². The molecule has 0 saturated carbocycles. The Labute approximate surface area is 84.3 Å². The number of ketones is 1. The van der Waals surface area contributed by atoms with Crippen LogP contribution < -0.4 is 0 Å². The number of halogens is 2. The van der Waals surface area contributed by atoms with Gasteiger partial charge in [-0.2, -0.15) is 13.9 Å². The van der Waals surface area contributed by atoms with E-state index in [0.29, 0.717) is 10.1 Å². The summed E-state index contributed by atoms with van der Waals surface area (Å²) >= 11 is 0. The van der Waals surface area contributed by atoms with E-state index in [1.807, 2.05) is 0 Å². The molecule has 2 aromatic rings. The molecule has 0 bridgehead atoms. The van der Waals surface area contributed by atoms with Crippen molar-refractivity contribution in [1.82, 2.24) is 9.78 Å². The second-order valence-electron chi connectivity index (χ2n) is 3.14. The zero-order valence-electron chi connectivity index (χ0n) is 7.95. The molecule has 0 N–H and O–H groups in total. The number of hydrogen-bond acceptors (Lipinski definition) is 2. The lowest BCUT2D eigenvalue weighted by molar-refractivity contribution is 0.0609. The van der Waals surface area contributed by atoms with Crippen LogP contribution in [0.3, 0.4) is 0 Å². The Morgan fingerprint density at radius 3 is 2.67 bits per heavy atom. The minimum atomic E-state index is -2.73. The SMILES string of the molecule is CC(=O)c1nn(C(F)F)c2ccccc12. The number of carbonyl (C=O) groups excluding carboxylic acids is 1. The number of rotatable bonds is 2. The van der Waals surface area contributed by atoms with Crippen LogP contribution in [0.4, 0.5) is 8.78 Å². The largest absolute Gasteiger partial charge is 0.333 e. The van der Waals surface area contributed by atoms with E-state index in [0.717, 1.165) is 0 Å². The zero-order chi connectivity index (χ0) is 11.0. The molecule has 0 radical (unpaired) electrons. The summed E-state index contributed by atoms with van der Waals surface area (Å²) in [7, 11) is 0. The third-order valence-corrected chi connectivity index (χ3v) is 2.13. The molecule has 0 unspecified atom stereocenters. The van der Waals surface area contributed by atoms with Crippen LogP contribution in [0.25, 0.3) is 10.9 Å². The summed E-state index contributed by atoms with van der Waals surface area (Å²) in [5.41, 5.74) is 0.364. The molecule has 0 amide bonds. The van der Waals surface area contributed by atoms with Crippen LogP contribution in [0.2, 0.25) is 0 Å². The molecule has 0 aliphatic carbocycles. The Kier molecular flexibility index (Phi) is 2.22. The normalized spacial score (nSPS) is 11.2. The molecule has 0 saturated heterocycles. The summed E-state index contributed by atoms with van der Waals surface area (Å²) in [6, 6.07) is 6.44.